The first kappa shape index (κ1) is 15.7. The Morgan fingerprint density at radius 2 is 2.40 bits per heavy atom. The summed E-state index contributed by atoms with van der Waals surface area (Å²) in [5.74, 6) is 1.53. The number of amides is 1. The molecule has 1 amide bonds. The fourth-order valence-electron chi connectivity index (χ4n) is 2.26. The van der Waals surface area contributed by atoms with Gasteiger partial charge in [0.2, 0.25) is 5.91 Å². The molecular weight excluding hydrogens is 288 g/mol. The standard InChI is InChI=1S/C15H22N2OS2/c1-17(12-13-5-4-9-16-11-13)15(18)7-3-2-6-14-8-10-19-20-14/h4-5,9,11,14H,2-3,6-8,10,12H2,1H3. The zero-order chi connectivity index (χ0) is 14.2. The molecule has 0 aromatic carbocycles. The molecule has 1 aromatic rings. The van der Waals surface area contributed by atoms with Crippen LogP contribution >= 0.6 is 21.6 Å². The molecule has 1 aliphatic heterocycles. The minimum Gasteiger partial charge on any atom is -0.341 e. The number of hydrogen-bond donors (Lipinski definition) is 0. The van der Waals surface area contributed by atoms with Crippen molar-refractivity contribution in [2.45, 2.75) is 43.9 Å². The molecule has 1 unspecified atom stereocenters. The van der Waals surface area contributed by atoms with E-state index in [4.69, 9.17) is 0 Å². The summed E-state index contributed by atoms with van der Waals surface area (Å²) in [6, 6.07) is 3.91. The summed E-state index contributed by atoms with van der Waals surface area (Å²) < 4.78 is 0. The minimum atomic E-state index is 0.238. The van der Waals surface area contributed by atoms with Crippen molar-refractivity contribution in [3.8, 4) is 0 Å². The number of aromatic nitrogens is 1. The van der Waals surface area contributed by atoms with Crippen LogP contribution in [0.15, 0.2) is 24.5 Å². The van der Waals surface area contributed by atoms with Crippen molar-refractivity contribution < 1.29 is 4.79 Å². The number of carbonyl (C=O) groups is 1. The van der Waals surface area contributed by atoms with E-state index in [0.29, 0.717) is 13.0 Å². The molecule has 1 saturated heterocycles. The highest BCUT2D eigenvalue weighted by molar-refractivity contribution is 8.77. The van der Waals surface area contributed by atoms with Crippen LogP contribution in [0.1, 0.15) is 37.7 Å². The molecule has 3 nitrogen and oxygen atoms in total. The van der Waals surface area contributed by atoms with Gasteiger partial charge < -0.3 is 4.90 Å². The number of unbranched alkanes of at least 4 members (excludes halogenated alkanes) is 1. The van der Waals surface area contributed by atoms with Crippen molar-refractivity contribution in [3.63, 3.8) is 0 Å². The number of carbonyl (C=O) groups excluding carboxylic acids is 1. The Morgan fingerprint density at radius 3 is 3.10 bits per heavy atom. The second-order valence-electron chi connectivity index (χ2n) is 5.19. The number of hydrogen-bond acceptors (Lipinski definition) is 4. The number of pyridine rings is 1. The topological polar surface area (TPSA) is 33.2 Å². The molecule has 0 radical (unpaired) electrons. The Balaban J connectivity index is 1.61. The number of rotatable bonds is 7. The molecule has 110 valence electrons. The van der Waals surface area contributed by atoms with E-state index in [9.17, 15) is 4.79 Å². The van der Waals surface area contributed by atoms with Crippen LogP contribution in [0.4, 0.5) is 0 Å². The SMILES string of the molecule is CN(Cc1cccnc1)C(=O)CCCCC1CCSS1. The van der Waals surface area contributed by atoms with E-state index in [0.717, 1.165) is 17.2 Å². The molecule has 0 bridgehead atoms. The minimum absolute atomic E-state index is 0.238. The first-order chi connectivity index (χ1) is 9.75. The van der Waals surface area contributed by atoms with Gasteiger partial charge in [-0.3, -0.25) is 9.78 Å². The van der Waals surface area contributed by atoms with E-state index in [1.165, 1.54) is 25.0 Å². The largest absolute Gasteiger partial charge is 0.341 e. The molecular formula is C15H22N2OS2. The van der Waals surface area contributed by atoms with Gasteiger partial charge in [0, 0.05) is 43.4 Å². The van der Waals surface area contributed by atoms with E-state index in [-0.39, 0.29) is 5.91 Å². The lowest BCUT2D eigenvalue weighted by Gasteiger charge is -2.17. The van der Waals surface area contributed by atoms with Gasteiger partial charge >= 0.3 is 0 Å². The van der Waals surface area contributed by atoms with Crippen LogP contribution in [0.3, 0.4) is 0 Å². The molecule has 0 saturated carbocycles. The summed E-state index contributed by atoms with van der Waals surface area (Å²) in [6.07, 6.45) is 9.02. The Kier molecular flexibility index (Phi) is 6.73. The third-order valence-corrected chi connectivity index (χ3v) is 6.47. The van der Waals surface area contributed by atoms with Crippen molar-refractivity contribution in [1.29, 1.82) is 0 Å². The predicted molar refractivity (Wildman–Crippen MR) is 87.6 cm³/mol. The molecule has 0 spiro atoms. The third kappa shape index (κ3) is 5.37. The van der Waals surface area contributed by atoms with Crippen LogP contribution in [-0.4, -0.2) is 33.8 Å². The molecule has 5 heteroatoms. The van der Waals surface area contributed by atoms with E-state index < -0.39 is 0 Å². The van der Waals surface area contributed by atoms with Gasteiger partial charge in [-0.2, -0.15) is 0 Å². The molecule has 1 atom stereocenters. The summed E-state index contributed by atoms with van der Waals surface area (Å²) in [4.78, 5) is 17.9. The highest BCUT2D eigenvalue weighted by atomic mass is 33.1. The maximum Gasteiger partial charge on any atom is 0.222 e. The summed E-state index contributed by atoms with van der Waals surface area (Å²) >= 11 is 0. The van der Waals surface area contributed by atoms with Crippen molar-refractivity contribution in [2.24, 2.45) is 0 Å². The van der Waals surface area contributed by atoms with Crippen LogP contribution in [0.25, 0.3) is 0 Å². The van der Waals surface area contributed by atoms with Gasteiger partial charge in [0.25, 0.3) is 0 Å². The summed E-state index contributed by atoms with van der Waals surface area (Å²) in [5, 5.41) is 0.822. The average Bonchev–Trinajstić information content (AvgIpc) is 2.97. The molecule has 2 rings (SSSR count). The lowest BCUT2D eigenvalue weighted by atomic mass is 10.1. The van der Waals surface area contributed by atoms with Gasteiger partial charge in [0.15, 0.2) is 0 Å². The predicted octanol–water partition coefficient (Wildman–Crippen LogP) is 3.75. The van der Waals surface area contributed by atoms with Gasteiger partial charge in [0.05, 0.1) is 0 Å². The van der Waals surface area contributed by atoms with Crippen molar-refractivity contribution in [2.75, 3.05) is 12.8 Å². The quantitative estimate of drug-likeness (QED) is 0.567. The fourth-order valence-corrected chi connectivity index (χ4v) is 5.28. The second kappa shape index (κ2) is 8.57. The lowest BCUT2D eigenvalue weighted by molar-refractivity contribution is -0.130. The first-order valence-electron chi connectivity index (χ1n) is 7.17. The Morgan fingerprint density at radius 1 is 1.50 bits per heavy atom. The lowest BCUT2D eigenvalue weighted by Crippen LogP contribution is -2.25. The average molecular weight is 310 g/mol. The zero-order valence-corrected chi connectivity index (χ0v) is 13.6. The maximum atomic E-state index is 12.0. The third-order valence-electron chi connectivity index (χ3n) is 3.46. The van der Waals surface area contributed by atoms with Gasteiger partial charge in [-0.1, -0.05) is 34.1 Å². The second-order valence-corrected chi connectivity index (χ2v) is 7.97. The molecule has 1 aliphatic rings. The molecule has 1 aromatic heterocycles. The smallest absolute Gasteiger partial charge is 0.222 e. The van der Waals surface area contributed by atoms with Gasteiger partial charge in [-0.25, -0.2) is 0 Å². The van der Waals surface area contributed by atoms with E-state index in [2.05, 4.69) is 4.98 Å². The Hall–Kier alpha value is -0.680. The molecule has 2 heterocycles. The molecule has 0 aliphatic carbocycles. The zero-order valence-electron chi connectivity index (χ0n) is 12.0. The normalized spacial score (nSPS) is 18.1. The van der Waals surface area contributed by atoms with Crippen LogP contribution in [0, 0.1) is 0 Å². The van der Waals surface area contributed by atoms with Gasteiger partial charge in [0.1, 0.15) is 0 Å². The highest BCUT2D eigenvalue weighted by Crippen LogP contribution is 2.39. The fraction of sp³-hybridized carbons (Fsp3) is 0.600. The summed E-state index contributed by atoms with van der Waals surface area (Å²) in [7, 11) is 5.89. The number of nitrogens with zero attached hydrogens (tertiary/aromatic N) is 2. The van der Waals surface area contributed by atoms with Crippen LogP contribution in [-0.2, 0) is 11.3 Å². The van der Waals surface area contributed by atoms with Crippen LogP contribution < -0.4 is 0 Å². The monoisotopic (exact) mass is 310 g/mol. The summed E-state index contributed by atoms with van der Waals surface area (Å²) in [5.41, 5.74) is 1.09. The van der Waals surface area contributed by atoms with E-state index in [1.54, 1.807) is 11.1 Å². The van der Waals surface area contributed by atoms with Crippen molar-refractivity contribution in [1.82, 2.24) is 9.88 Å². The van der Waals surface area contributed by atoms with Gasteiger partial charge in [-0.15, -0.1) is 0 Å². The molecule has 0 N–H and O–H groups in total. The van der Waals surface area contributed by atoms with E-state index in [1.807, 2.05) is 47.0 Å². The van der Waals surface area contributed by atoms with Crippen LogP contribution in [0.5, 0.6) is 0 Å². The van der Waals surface area contributed by atoms with E-state index >= 15 is 0 Å². The van der Waals surface area contributed by atoms with Gasteiger partial charge in [-0.05, 0) is 30.9 Å². The Labute approximate surface area is 129 Å². The summed E-state index contributed by atoms with van der Waals surface area (Å²) in [6.45, 7) is 0.655. The molecule has 1 fully saturated rings. The van der Waals surface area contributed by atoms with Crippen molar-refractivity contribution >= 4 is 27.5 Å². The highest BCUT2D eigenvalue weighted by Gasteiger charge is 2.16. The Bertz CT molecular complexity index is 408. The van der Waals surface area contributed by atoms with Crippen molar-refractivity contribution in [3.05, 3.63) is 30.1 Å². The molecule has 20 heavy (non-hydrogen) atoms. The maximum absolute atomic E-state index is 12.0. The van der Waals surface area contributed by atoms with Crippen LogP contribution in [0.2, 0.25) is 0 Å². The first-order valence-corrected chi connectivity index (χ1v) is 9.55.